The molecule has 0 bridgehead atoms. The number of amides is 1. The van der Waals surface area contributed by atoms with Crippen LogP contribution in [-0.4, -0.2) is 21.9 Å². The predicted molar refractivity (Wildman–Crippen MR) is 89.0 cm³/mol. The van der Waals surface area contributed by atoms with E-state index in [1.54, 1.807) is 0 Å². The normalized spacial score (nSPS) is 10.9. The zero-order valence-corrected chi connectivity index (χ0v) is 14.1. The highest BCUT2D eigenvalue weighted by molar-refractivity contribution is 8.00. The van der Waals surface area contributed by atoms with Gasteiger partial charge in [0.25, 0.3) is 0 Å². The molecule has 0 fully saturated rings. The van der Waals surface area contributed by atoms with Crippen LogP contribution in [0.1, 0.15) is 24.4 Å². The lowest BCUT2D eigenvalue weighted by Gasteiger charge is -2.04. The van der Waals surface area contributed by atoms with Crippen LogP contribution >= 0.6 is 23.1 Å². The van der Waals surface area contributed by atoms with E-state index in [1.807, 2.05) is 31.2 Å². The molecule has 0 unspecified atom stereocenters. The van der Waals surface area contributed by atoms with Crippen molar-refractivity contribution in [1.29, 1.82) is 0 Å². The van der Waals surface area contributed by atoms with E-state index in [1.165, 1.54) is 28.7 Å². The van der Waals surface area contributed by atoms with Crippen LogP contribution in [-0.2, 0) is 11.2 Å². The van der Waals surface area contributed by atoms with Gasteiger partial charge in [0, 0.05) is 11.3 Å². The van der Waals surface area contributed by atoms with E-state index >= 15 is 0 Å². The van der Waals surface area contributed by atoms with E-state index in [2.05, 4.69) is 29.4 Å². The van der Waals surface area contributed by atoms with Gasteiger partial charge in [-0.05, 0) is 24.5 Å². The fourth-order valence-electron chi connectivity index (χ4n) is 1.75. The molecule has 0 atom stereocenters. The molecule has 2 rings (SSSR count). The van der Waals surface area contributed by atoms with Gasteiger partial charge in [-0.15, -0.1) is 22.0 Å². The molecule has 1 heterocycles. The quantitative estimate of drug-likeness (QED) is 0.823. The Morgan fingerprint density at radius 3 is 2.81 bits per heavy atom. The first-order valence-electron chi connectivity index (χ1n) is 6.85. The van der Waals surface area contributed by atoms with Crippen LogP contribution < -0.4 is 5.32 Å². The highest BCUT2D eigenvalue weighted by atomic mass is 32.2. The summed E-state index contributed by atoms with van der Waals surface area (Å²) in [7, 11) is 0. The van der Waals surface area contributed by atoms with Crippen molar-refractivity contribution in [1.82, 2.24) is 10.2 Å². The first kappa shape index (κ1) is 16.0. The van der Waals surface area contributed by atoms with Gasteiger partial charge in [-0.1, -0.05) is 43.4 Å². The summed E-state index contributed by atoms with van der Waals surface area (Å²) in [4.78, 5) is 13.1. The Bertz CT molecular complexity index is 610. The largest absolute Gasteiger partial charge is 0.300 e. The molecule has 0 spiro atoms. The number of aromatic nitrogens is 2. The minimum Gasteiger partial charge on any atom is -0.300 e. The lowest BCUT2D eigenvalue weighted by atomic mass is 10.1. The van der Waals surface area contributed by atoms with Crippen LogP contribution in [0, 0.1) is 12.8 Å². The molecule has 1 aromatic heterocycles. The summed E-state index contributed by atoms with van der Waals surface area (Å²) >= 11 is 2.99. The van der Waals surface area contributed by atoms with Crippen molar-refractivity contribution >= 4 is 34.1 Å². The Labute approximate surface area is 133 Å². The molecule has 0 aliphatic rings. The van der Waals surface area contributed by atoms with E-state index < -0.39 is 0 Å². The average molecular weight is 321 g/mol. The molecular formula is C15H19N3OS2. The van der Waals surface area contributed by atoms with Crippen molar-refractivity contribution in [3.63, 3.8) is 0 Å². The molecule has 1 aromatic carbocycles. The summed E-state index contributed by atoms with van der Waals surface area (Å²) in [5.41, 5.74) is 1.19. The third kappa shape index (κ3) is 5.13. The summed E-state index contributed by atoms with van der Waals surface area (Å²) in [6.45, 7) is 6.32. The zero-order valence-electron chi connectivity index (χ0n) is 12.4. The average Bonchev–Trinajstić information content (AvgIpc) is 2.84. The number of nitrogens with zero attached hydrogens (tertiary/aromatic N) is 2. The number of benzene rings is 1. The number of hydrogen-bond acceptors (Lipinski definition) is 5. The molecule has 6 heteroatoms. The predicted octanol–water partition coefficient (Wildman–Crippen LogP) is 3.78. The summed E-state index contributed by atoms with van der Waals surface area (Å²) in [6, 6.07) is 8.05. The van der Waals surface area contributed by atoms with E-state index in [-0.39, 0.29) is 5.91 Å². The molecule has 0 radical (unpaired) electrons. The van der Waals surface area contributed by atoms with E-state index in [0.717, 1.165) is 16.3 Å². The van der Waals surface area contributed by atoms with Gasteiger partial charge in [0.15, 0.2) is 0 Å². The van der Waals surface area contributed by atoms with Crippen molar-refractivity contribution in [2.45, 2.75) is 32.1 Å². The molecule has 0 aliphatic heterocycles. The van der Waals surface area contributed by atoms with Crippen molar-refractivity contribution in [3.8, 4) is 0 Å². The summed E-state index contributed by atoms with van der Waals surface area (Å²) in [6.07, 6.45) is 0.894. The van der Waals surface area contributed by atoms with Crippen LogP contribution in [0.5, 0.6) is 0 Å². The van der Waals surface area contributed by atoms with Crippen LogP contribution in [0.4, 0.5) is 5.13 Å². The van der Waals surface area contributed by atoms with Crippen LogP contribution in [0.15, 0.2) is 29.2 Å². The molecule has 0 aliphatic carbocycles. The molecule has 1 amide bonds. The molecule has 112 valence electrons. The second-order valence-corrected chi connectivity index (χ2v) is 7.28. The van der Waals surface area contributed by atoms with Gasteiger partial charge >= 0.3 is 0 Å². The van der Waals surface area contributed by atoms with Gasteiger partial charge in [-0.2, -0.15) is 0 Å². The van der Waals surface area contributed by atoms with E-state index in [4.69, 9.17) is 0 Å². The summed E-state index contributed by atoms with van der Waals surface area (Å²) < 4.78 is 0. The van der Waals surface area contributed by atoms with Crippen molar-refractivity contribution < 1.29 is 4.79 Å². The van der Waals surface area contributed by atoms with Gasteiger partial charge in [0.05, 0.1) is 5.75 Å². The zero-order chi connectivity index (χ0) is 15.2. The number of nitrogens with one attached hydrogen (secondary N) is 1. The number of carbonyl (C=O) groups excluding carboxylic acids is 1. The van der Waals surface area contributed by atoms with Crippen LogP contribution in [0.3, 0.4) is 0 Å². The van der Waals surface area contributed by atoms with Crippen molar-refractivity contribution in [3.05, 3.63) is 34.8 Å². The van der Waals surface area contributed by atoms with Gasteiger partial charge in [-0.3, -0.25) is 10.1 Å². The number of hydrogen-bond donors (Lipinski definition) is 1. The van der Waals surface area contributed by atoms with Crippen LogP contribution in [0.25, 0.3) is 0 Å². The molecular weight excluding hydrogens is 302 g/mol. The molecule has 21 heavy (non-hydrogen) atoms. The van der Waals surface area contributed by atoms with Crippen molar-refractivity contribution in [2.24, 2.45) is 5.92 Å². The maximum absolute atomic E-state index is 11.9. The molecule has 0 saturated heterocycles. The molecule has 4 nitrogen and oxygen atoms in total. The van der Waals surface area contributed by atoms with E-state index in [0.29, 0.717) is 16.8 Å². The lowest BCUT2D eigenvalue weighted by Crippen LogP contribution is -2.13. The Kier molecular flexibility index (Phi) is 5.76. The number of rotatable bonds is 6. The Morgan fingerprint density at radius 1 is 1.33 bits per heavy atom. The third-order valence-corrected chi connectivity index (χ3v) is 4.79. The van der Waals surface area contributed by atoms with Gasteiger partial charge in [0.2, 0.25) is 11.0 Å². The van der Waals surface area contributed by atoms with Gasteiger partial charge in [-0.25, -0.2) is 0 Å². The first-order chi connectivity index (χ1) is 10.0. The minimum atomic E-state index is -0.0458. The minimum absolute atomic E-state index is 0.0458. The SMILES string of the molecule is Cc1ccccc1SCC(=O)Nc1nnc(CC(C)C)s1. The van der Waals surface area contributed by atoms with Gasteiger partial charge in [0.1, 0.15) is 5.01 Å². The monoisotopic (exact) mass is 321 g/mol. The highest BCUT2D eigenvalue weighted by Crippen LogP contribution is 2.23. The van der Waals surface area contributed by atoms with E-state index in [9.17, 15) is 4.79 Å². The third-order valence-electron chi connectivity index (χ3n) is 2.75. The molecule has 2 aromatic rings. The summed E-state index contributed by atoms with van der Waals surface area (Å²) in [5.74, 6) is 0.873. The lowest BCUT2D eigenvalue weighted by molar-refractivity contribution is -0.113. The Morgan fingerprint density at radius 2 is 2.10 bits per heavy atom. The molecule has 0 saturated carbocycles. The van der Waals surface area contributed by atoms with Crippen LogP contribution in [0.2, 0.25) is 0 Å². The number of thioether (sulfide) groups is 1. The fourth-order valence-corrected chi connectivity index (χ4v) is 3.55. The van der Waals surface area contributed by atoms with Crippen molar-refractivity contribution in [2.75, 3.05) is 11.1 Å². The van der Waals surface area contributed by atoms with Gasteiger partial charge < -0.3 is 0 Å². The number of aryl methyl sites for hydroxylation is 1. The summed E-state index contributed by atoms with van der Waals surface area (Å²) in [5, 5.41) is 12.5. The Balaban J connectivity index is 1.84. The first-order valence-corrected chi connectivity index (χ1v) is 8.65. The number of anilines is 1. The standard InChI is InChI=1S/C15H19N3OS2/c1-10(2)8-14-17-18-15(21-14)16-13(19)9-20-12-7-5-4-6-11(12)3/h4-7,10H,8-9H2,1-3H3,(H,16,18,19). The maximum Gasteiger partial charge on any atom is 0.236 e. The Hall–Kier alpha value is -1.40. The second kappa shape index (κ2) is 7.56. The highest BCUT2D eigenvalue weighted by Gasteiger charge is 2.10. The maximum atomic E-state index is 11.9. The topological polar surface area (TPSA) is 54.9 Å². The smallest absolute Gasteiger partial charge is 0.236 e. The second-order valence-electron chi connectivity index (χ2n) is 5.20. The molecule has 1 N–H and O–H groups in total. The number of carbonyl (C=O) groups is 1. The fraction of sp³-hybridized carbons (Fsp3) is 0.400.